The number of ether oxygens (including phenoxy) is 1. The monoisotopic (exact) mass is 552 g/mol. The average Bonchev–Trinajstić information content (AvgIpc) is 3.67. The highest BCUT2D eigenvalue weighted by Gasteiger charge is 2.42. The molecule has 0 spiro atoms. The van der Waals surface area contributed by atoms with E-state index in [1.807, 2.05) is 48.7 Å². The molecule has 2 aliphatic rings. The highest BCUT2D eigenvalue weighted by molar-refractivity contribution is 7.80. The van der Waals surface area contributed by atoms with E-state index in [0.29, 0.717) is 11.2 Å². The molecule has 8 heteroatoms. The standard InChI is InChI=1S/C32H32N4O3S/c1-20-19-27(21(2)35(20)23-12-10-22(11-13-23)31(37)38)30-29(28-9-5-6-18-33-28)34-32(40)36(30)24-14-16-26(17-15-24)39-25-7-3-4-8-25/h5-6,9-19,25,29-30H,3-4,7-8H2,1-2H3,(H,34,40)(H,37,38)/t29-,30-/m0/s1. The molecule has 2 fully saturated rings. The summed E-state index contributed by atoms with van der Waals surface area (Å²) in [7, 11) is 0. The van der Waals surface area contributed by atoms with Crippen molar-refractivity contribution in [1.82, 2.24) is 14.9 Å². The molecule has 1 saturated carbocycles. The van der Waals surface area contributed by atoms with E-state index in [4.69, 9.17) is 17.0 Å². The van der Waals surface area contributed by atoms with Crippen LogP contribution < -0.4 is 15.0 Å². The maximum Gasteiger partial charge on any atom is 0.335 e. The number of anilines is 1. The predicted octanol–water partition coefficient (Wildman–Crippen LogP) is 6.69. The van der Waals surface area contributed by atoms with Gasteiger partial charge in [-0.15, -0.1) is 0 Å². The summed E-state index contributed by atoms with van der Waals surface area (Å²) in [4.78, 5) is 18.3. The zero-order valence-corrected chi connectivity index (χ0v) is 23.4. The van der Waals surface area contributed by atoms with Gasteiger partial charge >= 0.3 is 5.97 Å². The summed E-state index contributed by atoms with van der Waals surface area (Å²) in [5.41, 5.74) is 6.30. The fraction of sp³-hybridized carbons (Fsp3) is 0.281. The summed E-state index contributed by atoms with van der Waals surface area (Å²) < 4.78 is 8.38. The first kappa shape index (κ1) is 26.1. The van der Waals surface area contributed by atoms with Crippen LogP contribution in [0.15, 0.2) is 79.0 Å². The van der Waals surface area contributed by atoms with Crippen molar-refractivity contribution < 1.29 is 14.6 Å². The Morgan fingerprint density at radius 1 is 1.00 bits per heavy atom. The number of thiocarbonyl (C=S) groups is 1. The summed E-state index contributed by atoms with van der Waals surface area (Å²) in [5.74, 6) is -0.0539. The molecule has 2 aromatic carbocycles. The lowest BCUT2D eigenvalue weighted by atomic mass is 9.96. The van der Waals surface area contributed by atoms with Crippen molar-refractivity contribution in [1.29, 1.82) is 0 Å². The fourth-order valence-corrected chi connectivity index (χ4v) is 6.42. The lowest BCUT2D eigenvalue weighted by Gasteiger charge is -2.28. The van der Waals surface area contributed by atoms with Gasteiger partial charge in [0, 0.05) is 29.0 Å². The molecule has 40 heavy (non-hydrogen) atoms. The molecule has 4 aromatic rings. The Morgan fingerprint density at radius 2 is 1.70 bits per heavy atom. The summed E-state index contributed by atoms with van der Waals surface area (Å²) in [6, 6.07) is 23.0. The number of hydrogen-bond donors (Lipinski definition) is 2. The summed E-state index contributed by atoms with van der Waals surface area (Å²) in [5, 5.41) is 13.5. The first-order valence-corrected chi connectivity index (χ1v) is 14.1. The zero-order valence-electron chi connectivity index (χ0n) is 22.6. The molecule has 1 aliphatic carbocycles. The summed E-state index contributed by atoms with van der Waals surface area (Å²) in [6.45, 7) is 4.17. The van der Waals surface area contributed by atoms with Crippen molar-refractivity contribution in [3.63, 3.8) is 0 Å². The Bertz CT molecular complexity index is 1530. The fourth-order valence-electron chi connectivity index (χ4n) is 6.07. The second-order valence-corrected chi connectivity index (χ2v) is 10.9. The number of aromatic carboxylic acids is 1. The predicted molar refractivity (Wildman–Crippen MR) is 159 cm³/mol. The molecule has 0 unspecified atom stereocenters. The van der Waals surface area contributed by atoms with Crippen LogP contribution >= 0.6 is 12.2 Å². The number of carbonyl (C=O) groups is 1. The van der Waals surface area contributed by atoms with Crippen molar-refractivity contribution in [3.8, 4) is 11.4 Å². The van der Waals surface area contributed by atoms with Gasteiger partial charge in [-0.25, -0.2) is 4.79 Å². The van der Waals surface area contributed by atoms with Crippen LogP contribution in [0.2, 0.25) is 0 Å². The molecule has 1 saturated heterocycles. The number of carboxylic acids is 1. The van der Waals surface area contributed by atoms with Gasteiger partial charge in [-0.2, -0.15) is 0 Å². The second kappa shape index (κ2) is 10.8. The van der Waals surface area contributed by atoms with Crippen LogP contribution in [0.25, 0.3) is 5.69 Å². The van der Waals surface area contributed by atoms with Gasteiger partial charge < -0.3 is 24.6 Å². The number of benzene rings is 2. The van der Waals surface area contributed by atoms with Crippen molar-refractivity contribution in [3.05, 3.63) is 107 Å². The molecule has 2 atom stereocenters. The molecule has 204 valence electrons. The van der Waals surface area contributed by atoms with Gasteiger partial charge in [0.2, 0.25) is 0 Å². The van der Waals surface area contributed by atoms with Crippen LogP contribution in [-0.4, -0.2) is 31.8 Å². The van der Waals surface area contributed by atoms with Crippen LogP contribution in [0.4, 0.5) is 5.69 Å². The van der Waals surface area contributed by atoms with E-state index in [1.54, 1.807) is 12.1 Å². The lowest BCUT2D eigenvalue weighted by Crippen LogP contribution is -2.29. The number of aryl methyl sites for hydroxylation is 1. The topological polar surface area (TPSA) is 79.6 Å². The van der Waals surface area contributed by atoms with Crippen LogP contribution in [-0.2, 0) is 0 Å². The van der Waals surface area contributed by atoms with Crippen LogP contribution in [0.5, 0.6) is 5.75 Å². The van der Waals surface area contributed by atoms with Gasteiger partial charge in [-0.05, 0) is 124 Å². The molecule has 3 heterocycles. The van der Waals surface area contributed by atoms with E-state index >= 15 is 0 Å². The zero-order chi connectivity index (χ0) is 27.8. The normalized spacial score (nSPS) is 19.1. The molecular weight excluding hydrogens is 520 g/mol. The first-order valence-electron chi connectivity index (χ1n) is 13.7. The highest BCUT2D eigenvalue weighted by atomic mass is 32.1. The van der Waals surface area contributed by atoms with E-state index in [9.17, 15) is 9.90 Å². The molecule has 1 aliphatic heterocycles. The minimum Gasteiger partial charge on any atom is -0.490 e. The second-order valence-electron chi connectivity index (χ2n) is 10.5. The number of rotatable bonds is 7. The van der Waals surface area contributed by atoms with Crippen molar-refractivity contribution >= 4 is 29.0 Å². The Labute approximate surface area is 239 Å². The van der Waals surface area contributed by atoms with Crippen molar-refractivity contribution in [2.45, 2.75) is 57.7 Å². The minimum absolute atomic E-state index is 0.151. The van der Waals surface area contributed by atoms with Gasteiger partial charge in [0.05, 0.1) is 29.4 Å². The quantitative estimate of drug-likeness (QED) is 0.247. The van der Waals surface area contributed by atoms with E-state index in [-0.39, 0.29) is 17.6 Å². The van der Waals surface area contributed by atoms with E-state index < -0.39 is 5.97 Å². The third-order valence-electron chi connectivity index (χ3n) is 7.98. The van der Waals surface area contributed by atoms with Crippen LogP contribution in [0, 0.1) is 13.8 Å². The highest BCUT2D eigenvalue weighted by Crippen LogP contribution is 2.44. The number of carboxylic acid groups (broad SMARTS) is 1. The lowest BCUT2D eigenvalue weighted by molar-refractivity contribution is 0.0697. The Kier molecular flexibility index (Phi) is 7.02. The Balaban J connectivity index is 1.40. The smallest absolute Gasteiger partial charge is 0.335 e. The largest absolute Gasteiger partial charge is 0.490 e. The number of aromatic nitrogens is 2. The van der Waals surface area contributed by atoms with Gasteiger partial charge in [-0.3, -0.25) is 4.98 Å². The van der Waals surface area contributed by atoms with E-state index in [1.165, 1.54) is 12.8 Å². The SMILES string of the molecule is Cc1cc([C@H]2[C@H](c3ccccn3)NC(=S)N2c2ccc(OC3CCCC3)cc2)c(C)n1-c1ccc(C(=O)O)cc1. The van der Waals surface area contributed by atoms with Crippen molar-refractivity contribution in [2.75, 3.05) is 4.90 Å². The Hall–Kier alpha value is -4.17. The van der Waals surface area contributed by atoms with Gasteiger partial charge in [-0.1, -0.05) is 6.07 Å². The van der Waals surface area contributed by atoms with Gasteiger partial charge in [0.25, 0.3) is 0 Å². The molecule has 2 N–H and O–H groups in total. The third kappa shape index (κ3) is 4.84. The summed E-state index contributed by atoms with van der Waals surface area (Å²) >= 11 is 5.93. The number of nitrogens with one attached hydrogen (secondary N) is 1. The minimum atomic E-state index is -0.938. The van der Waals surface area contributed by atoms with E-state index in [0.717, 1.165) is 52.6 Å². The third-order valence-corrected chi connectivity index (χ3v) is 8.29. The number of hydrogen-bond acceptors (Lipinski definition) is 4. The number of pyridine rings is 1. The molecule has 7 nitrogen and oxygen atoms in total. The van der Waals surface area contributed by atoms with Gasteiger partial charge in [0.15, 0.2) is 5.11 Å². The molecule has 0 amide bonds. The van der Waals surface area contributed by atoms with E-state index in [2.05, 4.69) is 51.8 Å². The maximum atomic E-state index is 11.4. The number of nitrogens with zero attached hydrogens (tertiary/aromatic N) is 3. The molecule has 2 aromatic heterocycles. The van der Waals surface area contributed by atoms with Crippen LogP contribution in [0.3, 0.4) is 0 Å². The molecule has 6 rings (SSSR count). The first-order chi connectivity index (χ1) is 19.4. The Morgan fingerprint density at radius 3 is 2.35 bits per heavy atom. The molecule has 0 bridgehead atoms. The van der Waals surface area contributed by atoms with Gasteiger partial charge in [0.1, 0.15) is 5.75 Å². The average molecular weight is 553 g/mol. The molecular formula is C32H32N4O3S. The molecule has 0 radical (unpaired) electrons. The van der Waals surface area contributed by atoms with Crippen LogP contribution in [0.1, 0.15) is 70.8 Å². The maximum absolute atomic E-state index is 11.4. The van der Waals surface area contributed by atoms with Crippen molar-refractivity contribution in [2.24, 2.45) is 0 Å². The summed E-state index contributed by atoms with van der Waals surface area (Å²) in [6.07, 6.45) is 6.80.